The van der Waals surface area contributed by atoms with E-state index in [1.807, 2.05) is 0 Å². The summed E-state index contributed by atoms with van der Waals surface area (Å²) in [5, 5.41) is 11.5. The first-order chi connectivity index (χ1) is 6.88. The molecule has 0 spiro atoms. The molecule has 0 aliphatic carbocycles. The summed E-state index contributed by atoms with van der Waals surface area (Å²) in [6.45, 7) is -1.89. The van der Waals surface area contributed by atoms with Gasteiger partial charge in [0.2, 0.25) is 0 Å². The average molecular weight is 225 g/mol. The topological polar surface area (TPSA) is 72.6 Å². The van der Waals surface area contributed by atoms with Crippen LogP contribution in [0.4, 0.5) is 13.2 Å². The lowest BCUT2D eigenvalue weighted by Gasteiger charge is -2.04. The van der Waals surface area contributed by atoms with Gasteiger partial charge >= 0.3 is 12.1 Å². The van der Waals surface area contributed by atoms with Gasteiger partial charge < -0.3 is 14.4 Å². The van der Waals surface area contributed by atoms with Gasteiger partial charge in [-0.15, -0.1) is 0 Å². The minimum Gasteiger partial charge on any atom is -0.476 e. The molecule has 15 heavy (non-hydrogen) atoms. The number of hydrogen-bond acceptors (Lipinski definition) is 4. The molecule has 1 N–H and O–H groups in total. The van der Waals surface area contributed by atoms with Crippen LogP contribution in [-0.4, -0.2) is 29.0 Å². The number of aromatic carboxylic acids is 1. The predicted molar refractivity (Wildman–Crippen MR) is 39.2 cm³/mol. The smallest absolute Gasteiger partial charge is 0.411 e. The summed E-state index contributed by atoms with van der Waals surface area (Å²) in [6, 6.07) is 0.999. The summed E-state index contributed by atoms with van der Waals surface area (Å²) in [5.74, 6) is -1.39. The molecule has 0 unspecified atom stereocenters. The first kappa shape index (κ1) is 11.5. The SMILES string of the molecule is O=C(O)c1cc(COCC(F)(F)F)on1. The largest absolute Gasteiger partial charge is 0.476 e. The highest BCUT2D eigenvalue weighted by atomic mass is 19.4. The van der Waals surface area contributed by atoms with Crippen molar-refractivity contribution in [2.45, 2.75) is 12.8 Å². The maximum absolute atomic E-state index is 11.6. The third-order valence-corrected chi connectivity index (χ3v) is 1.29. The average Bonchev–Trinajstić information content (AvgIpc) is 2.50. The fourth-order valence-corrected chi connectivity index (χ4v) is 0.749. The Balaban J connectivity index is 2.41. The summed E-state index contributed by atoms with van der Waals surface area (Å²) >= 11 is 0. The zero-order valence-electron chi connectivity index (χ0n) is 7.24. The summed E-state index contributed by atoms with van der Waals surface area (Å²) < 4.78 is 43.5. The molecule has 1 aromatic rings. The Labute approximate surface area is 81.4 Å². The maximum atomic E-state index is 11.6. The van der Waals surface area contributed by atoms with E-state index < -0.39 is 25.4 Å². The fraction of sp³-hybridized carbons (Fsp3) is 0.429. The second-order valence-corrected chi connectivity index (χ2v) is 2.59. The van der Waals surface area contributed by atoms with Gasteiger partial charge in [-0.05, 0) is 0 Å². The van der Waals surface area contributed by atoms with Crippen LogP contribution >= 0.6 is 0 Å². The number of rotatable bonds is 4. The Bertz CT molecular complexity index is 346. The molecule has 0 radical (unpaired) electrons. The molecule has 1 heterocycles. The van der Waals surface area contributed by atoms with Gasteiger partial charge in [0, 0.05) is 6.07 Å². The number of carbonyl (C=O) groups is 1. The van der Waals surface area contributed by atoms with Crippen LogP contribution in [0.1, 0.15) is 16.2 Å². The van der Waals surface area contributed by atoms with Gasteiger partial charge in [0.1, 0.15) is 13.2 Å². The number of alkyl halides is 3. The molecule has 1 rings (SSSR count). The molecule has 0 aliphatic rings. The molecular weight excluding hydrogens is 219 g/mol. The highest BCUT2D eigenvalue weighted by Gasteiger charge is 2.27. The fourth-order valence-electron chi connectivity index (χ4n) is 0.749. The number of hydrogen-bond donors (Lipinski definition) is 1. The van der Waals surface area contributed by atoms with E-state index in [0.717, 1.165) is 6.07 Å². The van der Waals surface area contributed by atoms with Gasteiger partial charge in [0.15, 0.2) is 11.5 Å². The van der Waals surface area contributed by atoms with Crippen LogP contribution in [0, 0.1) is 0 Å². The van der Waals surface area contributed by atoms with E-state index in [-0.39, 0.29) is 11.5 Å². The number of nitrogens with zero attached hydrogens (tertiary/aromatic N) is 1. The van der Waals surface area contributed by atoms with Crippen LogP contribution in [0.3, 0.4) is 0 Å². The van der Waals surface area contributed by atoms with Crippen molar-refractivity contribution >= 4 is 5.97 Å². The van der Waals surface area contributed by atoms with Crippen LogP contribution in [0.25, 0.3) is 0 Å². The maximum Gasteiger partial charge on any atom is 0.411 e. The number of ether oxygens (including phenoxy) is 1. The highest BCUT2D eigenvalue weighted by Crippen LogP contribution is 2.15. The Morgan fingerprint density at radius 2 is 2.27 bits per heavy atom. The minimum atomic E-state index is -4.42. The van der Waals surface area contributed by atoms with Crippen molar-refractivity contribution in [3.05, 3.63) is 17.5 Å². The molecule has 0 amide bonds. The van der Waals surface area contributed by atoms with E-state index in [1.54, 1.807) is 0 Å². The molecule has 0 saturated carbocycles. The van der Waals surface area contributed by atoms with E-state index in [1.165, 1.54) is 0 Å². The lowest BCUT2D eigenvalue weighted by atomic mass is 10.4. The third kappa shape index (κ3) is 3.98. The molecule has 0 fully saturated rings. The quantitative estimate of drug-likeness (QED) is 0.839. The van der Waals surface area contributed by atoms with E-state index in [9.17, 15) is 18.0 Å². The summed E-state index contributed by atoms with van der Waals surface area (Å²) in [5.41, 5.74) is -0.374. The second-order valence-electron chi connectivity index (χ2n) is 2.59. The first-order valence-corrected chi connectivity index (χ1v) is 3.72. The Hall–Kier alpha value is -1.57. The standard InChI is InChI=1S/C7H6F3NO4/c8-7(9,10)3-14-2-4-1-5(6(12)13)11-15-4/h1H,2-3H2,(H,12,13). The Kier molecular flexibility index (Phi) is 3.30. The van der Waals surface area contributed by atoms with Crippen molar-refractivity contribution in [1.82, 2.24) is 5.16 Å². The highest BCUT2D eigenvalue weighted by molar-refractivity contribution is 5.85. The zero-order valence-corrected chi connectivity index (χ0v) is 7.24. The Morgan fingerprint density at radius 3 is 2.73 bits per heavy atom. The lowest BCUT2D eigenvalue weighted by molar-refractivity contribution is -0.177. The van der Waals surface area contributed by atoms with Crippen molar-refractivity contribution < 1.29 is 32.3 Å². The van der Waals surface area contributed by atoms with Crippen LogP contribution in [0.2, 0.25) is 0 Å². The minimum absolute atomic E-state index is 0.0725. The van der Waals surface area contributed by atoms with Crippen molar-refractivity contribution in [3.63, 3.8) is 0 Å². The zero-order chi connectivity index (χ0) is 11.5. The van der Waals surface area contributed by atoms with Crippen LogP contribution < -0.4 is 0 Å². The summed E-state index contributed by atoms with van der Waals surface area (Å²) in [7, 11) is 0. The molecule has 1 aromatic heterocycles. The predicted octanol–water partition coefficient (Wildman–Crippen LogP) is 1.45. The number of halogens is 3. The molecule has 84 valence electrons. The van der Waals surface area contributed by atoms with Crippen molar-refractivity contribution in [1.29, 1.82) is 0 Å². The van der Waals surface area contributed by atoms with Gasteiger partial charge in [0.05, 0.1) is 0 Å². The molecule has 0 saturated heterocycles. The Morgan fingerprint density at radius 1 is 1.60 bits per heavy atom. The number of carboxylic acids is 1. The van der Waals surface area contributed by atoms with Gasteiger partial charge in [0.25, 0.3) is 0 Å². The first-order valence-electron chi connectivity index (χ1n) is 3.72. The molecular formula is C7H6F3NO4. The van der Waals surface area contributed by atoms with Crippen LogP contribution in [0.5, 0.6) is 0 Å². The van der Waals surface area contributed by atoms with Crippen LogP contribution in [-0.2, 0) is 11.3 Å². The summed E-state index contributed by atoms with van der Waals surface area (Å²) in [4.78, 5) is 10.3. The number of aromatic nitrogens is 1. The van der Waals surface area contributed by atoms with Gasteiger partial charge in [-0.3, -0.25) is 0 Å². The van der Waals surface area contributed by atoms with Gasteiger partial charge in [-0.1, -0.05) is 5.16 Å². The van der Waals surface area contributed by atoms with Crippen molar-refractivity contribution in [2.75, 3.05) is 6.61 Å². The molecule has 0 aliphatic heterocycles. The molecule has 0 atom stereocenters. The molecule has 8 heteroatoms. The van der Waals surface area contributed by atoms with Crippen LogP contribution in [0.15, 0.2) is 10.6 Å². The monoisotopic (exact) mass is 225 g/mol. The van der Waals surface area contributed by atoms with Gasteiger partial charge in [-0.25, -0.2) is 4.79 Å². The second kappa shape index (κ2) is 4.30. The van der Waals surface area contributed by atoms with E-state index in [2.05, 4.69) is 14.4 Å². The van der Waals surface area contributed by atoms with E-state index in [0.29, 0.717) is 0 Å². The summed E-state index contributed by atoms with van der Waals surface area (Å²) in [6.07, 6.45) is -4.42. The number of carboxylic acid groups (broad SMARTS) is 1. The lowest BCUT2D eigenvalue weighted by Crippen LogP contribution is -2.16. The van der Waals surface area contributed by atoms with E-state index in [4.69, 9.17) is 5.11 Å². The van der Waals surface area contributed by atoms with Crippen molar-refractivity contribution in [3.8, 4) is 0 Å². The van der Waals surface area contributed by atoms with Gasteiger partial charge in [-0.2, -0.15) is 13.2 Å². The normalized spacial score (nSPS) is 11.7. The third-order valence-electron chi connectivity index (χ3n) is 1.29. The molecule has 5 nitrogen and oxygen atoms in total. The van der Waals surface area contributed by atoms with Crippen molar-refractivity contribution in [2.24, 2.45) is 0 Å². The molecule has 0 aromatic carbocycles. The van der Waals surface area contributed by atoms with E-state index >= 15 is 0 Å². The molecule has 0 bridgehead atoms.